The first kappa shape index (κ1) is 26.9. The molecule has 8 nitrogen and oxygen atoms in total. The van der Waals surface area contributed by atoms with Crippen molar-refractivity contribution in [2.45, 2.75) is 30.8 Å². The fraction of sp³-hybridized carbons (Fsp3) is 0.312. The number of hydrogen-bond donors (Lipinski definition) is 0. The summed E-state index contributed by atoms with van der Waals surface area (Å²) in [5.74, 6) is 0.934. The van der Waals surface area contributed by atoms with Gasteiger partial charge < -0.3 is 19.4 Å². The first-order valence-corrected chi connectivity index (χ1v) is 15.1. The largest absolute Gasteiger partial charge is 0.445 e. The highest BCUT2D eigenvalue weighted by molar-refractivity contribution is 7.98. The third kappa shape index (κ3) is 5.66. The summed E-state index contributed by atoms with van der Waals surface area (Å²) in [5.41, 5.74) is 4.38. The Bertz CT molecular complexity index is 1590. The van der Waals surface area contributed by atoms with E-state index in [1.54, 1.807) is 4.90 Å². The molecule has 1 saturated heterocycles. The highest BCUT2D eigenvalue weighted by Gasteiger charge is 2.36. The Balaban J connectivity index is 1.22. The predicted octanol–water partition coefficient (Wildman–Crippen LogP) is 5.66. The van der Waals surface area contributed by atoms with E-state index in [1.807, 2.05) is 36.6 Å². The molecule has 3 heterocycles. The van der Waals surface area contributed by atoms with Gasteiger partial charge in [0, 0.05) is 42.8 Å². The average Bonchev–Trinajstić information content (AvgIpc) is 3.03. The minimum Gasteiger partial charge on any atom is -0.445 e. The number of amides is 1. The smallest absolute Gasteiger partial charge is 0.410 e. The van der Waals surface area contributed by atoms with Crippen molar-refractivity contribution in [3.63, 3.8) is 0 Å². The number of hydrogen-bond acceptors (Lipinski definition) is 7. The number of rotatable bonds is 6. The second kappa shape index (κ2) is 12.1. The Morgan fingerprint density at radius 2 is 1.80 bits per heavy atom. The average molecular weight is 565 g/mol. The minimum absolute atomic E-state index is 0.217. The molecule has 0 aliphatic carbocycles. The number of thioether (sulfide) groups is 1. The summed E-state index contributed by atoms with van der Waals surface area (Å²) in [5, 5.41) is 3.22. The number of aromatic nitrogens is 2. The van der Waals surface area contributed by atoms with Crippen molar-refractivity contribution in [1.82, 2.24) is 14.9 Å². The molecule has 6 rings (SSSR count). The zero-order chi connectivity index (χ0) is 28.2. The fourth-order valence-electron chi connectivity index (χ4n) is 5.78. The lowest BCUT2D eigenvalue weighted by Crippen LogP contribution is -2.57. The van der Waals surface area contributed by atoms with Crippen molar-refractivity contribution in [1.29, 1.82) is 0 Å². The highest BCUT2D eigenvalue weighted by Crippen LogP contribution is 2.34. The quantitative estimate of drug-likeness (QED) is 0.170. The summed E-state index contributed by atoms with van der Waals surface area (Å²) in [6.07, 6.45) is 2.46. The van der Waals surface area contributed by atoms with Gasteiger partial charge in [-0.05, 0) is 29.7 Å². The van der Waals surface area contributed by atoms with Crippen LogP contribution >= 0.6 is 11.8 Å². The van der Waals surface area contributed by atoms with Crippen molar-refractivity contribution in [2.24, 2.45) is 0 Å². The van der Waals surface area contributed by atoms with Gasteiger partial charge >= 0.3 is 6.09 Å². The lowest BCUT2D eigenvalue weighted by molar-refractivity contribution is 0.0788. The second-order valence-electron chi connectivity index (χ2n) is 10.3. The summed E-state index contributed by atoms with van der Waals surface area (Å²) < 4.78 is 5.63. The summed E-state index contributed by atoms with van der Waals surface area (Å²) in [7, 11) is 0. The molecule has 0 saturated carbocycles. The van der Waals surface area contributed by atoms with E-state index in [0.29, 0.717) is 26.2 Å². The van der Waals surface area contributed by atoms with Crippen LogP contribution in [0.5, 0.6) is 0 Å². The molecule has 4 aromatic rings. The van der Waals surface area contributed by atoms with Crippen LogP contribution in [0.2, 0.25) is 0 Å². The molecule has 0 N–H and O–H groups in total. The Morgan fingerprint density at radius 1 is 1.00 bits per heavy atom. The van der Waals surface area contributed by atoms with Gasteiger partial charge in [-0.3, -0.25) is 4.90 Å². The maximum atomic E-state index is 13.0. The monoisotopic (exact) mass is 564 g/mol. The van der Waals surface area contributed by atoms with Crippen LogP contribution in [0.3, 0.4) is 0 Å². The van der Waals surface area contributed by atoms with Crippen LogP contribution < -0.4 is 9.80 Å². The molecule has 2 aliphatic heterocycles. The molecule has 0 radical (unpaired) electrons. The SMILES string of the molecule is [C-]#[N+]CC1CN(c2nc(SC)nc3c2CCN(c2cccc4ccccc24)C3)CCN1C(=O)OCc1ccccc1. The number of ether oxygens (including phenoxy) is 1. The first-order chi connectivity index (χ1) is 20.1. The van der Waals surface area contributed by atoms with Gasteiger partial charge in [-0.2, -0.15) is 0 Å². The number of anilines is 2. The summed E-state index contributed by atoms with van der Waals surface area (Å²) in [6.45, 7) is 11.2. The minimum atomic E-state index is -0.373. The number of benzene rings is 3. The Labute approximate surface area is 244 Å². The molecular formula is C32H32N6O2S. The van der Waals surface area contributed by atoms with Gasteiger partial charge in [0.25, 0.3) is 0 Å². The topological polar surface area (TPSA) is 66.2 Å². The lowest BCUT2D eigenvalue weighted by Gasteiger charge is -2.40. The van der Waals surface area contributed by atoms with Crippen LogP contribution in [-0.4, -0.2) is 66.0 Å². The van der Waals surface area contributed by atoms with E-state index >= 15 is 0 Å². The number of carbonyl (C=O) groups is 1. The number of nitrogens with zero attached hydrogens (tertiary/aromatic N) is 6. The summed E-state index contributed by atoms with van der Waals surface area (Å²) in [4.78, 5) is 33.0. The van der Waals surface area contributed by atoms with Gasteiger partial charge in [0.05, 0.1) is 12.2 Å². The van der Waals surface area contributed by atoms with Crippen LogP contribution in [-0.2, 0) is 24.3 Å². The molecule has 1 unspecified atom stereocenters. The van der Waals surface area contributed by atoms with Crippen LogP contribution in [0.15, 0.2) is 78.0 Å². The zero-order valence-corrected chi connectivity index (χ0v) is 23.9. The van der Waals surface area contributed by atoms with E-state index in [4.69, 9.17) is 21.3 Å². The van der Waals surface area contributed by atoms with E-state index < -0.39 is 0 Å². The van der Waals surface area contributed by atoms with Crippen LogP contribution in [0.4, 0.5) is 16.3 Å². The third-order valence-corrected chi connectivity index (χ3v) is 8.38. The molecule has 9 heteroatoms. The van der Waals surface area contributed by atoms with Gasteiger partial charge in [-0.25, -0.2) is 21.3 Å². The predicted molar refractivity (Wildman–Crippen MR) is 163 cm³/mol. The number of fused-ring (bicyclic) bond motifs is 2. The lowest BCUT2D eigenvalue weighted by atomic mass is 10.0. The van der Waals surface area contributed by atoms with E-state index in [2.05, 4.69) is 57.1 Å². The molecule has 1 amide bonds. The van der Waals surface area contributed by atoms with Gasteiger partial charge in [0.1, 0.15) is 18.5 Å². The van der Waals surface area contributed by atoms with E-state index in [-0.39, 0.29) is 25.3 Å². The van der Waals surface area contributed by atoms with E-state index in [0.717, 1.165) is 35.2 Å². The van der Waals surface area contributed by atoms with Crippen molar-refractivity contribution in [3.05, 3.63) is 101 Å². The van der Waals surface area contributed by atoms with Crippen molar-refractivity contribution >= 4 is 40.1 Å². The van der Waals surface area contributed by atoms with Crippen molar-refractivity contribution in [3.8, 4) is 0 Å². The fourth-order valence-corrected chi connectivity index (χ4v) is 6.16. The first-order valence-electron chi connectivity index (χ1n) is 13.9. The number of carbonyl (C=O) groups excluding carboxylic acids is 1. The Kier molecular flexibility index (Phi) is 7.92. The molecular weight excluding hydrogens is 532 g/mol. The molecule has 3 aromatic carbocycles. The zero-order valence-electron chi connectivity index (χ0n) is 23.1. The van der Waals surface area contributed by atoms with Gasteiger partial charge in [0.15, 0.2) is 5.16 Å². The van der Waals surface area contributed by atoms with Crippen LogP contribution in [0.25, 0.3) is 15.6 Å². The molecule has 41 heavy (non-hydrogen) atoms. The van der Waals surface area contributed by atoms with Gasteiger partial charge in [-0.1, -0.05) is 78.5 Å². The standard InChI is InChI=1S/C32H32N6O2S/c1-33-19-25-20-37(17-18-38(25)32(39)40-22-23-9-4-3-5-10-23)30-27-15-16-36(21-28(27)34-31(35-30)41-2)29-14-8-12-24-11-6-7-13-26(24)29/h3-14,25H,15-22H2,2H3. The third-order valence-electron chi connectivity index (χ3n) is 7.84. The summed E-state index contributed by atoms with van der Waals surface area (Å²) in [6, 6.07) is 24.3. The molecule has 1 fully saturated rings. The maximum Gasteiger partial charge on any atom is 0.410 e. The van der Waals surface area contributed by atoms with Crippen LogP contribution in [0.1, 0.15) is 16.8 Å². The molecule has 1 aromatic heterocycles. The molecule has 208 valence electrons. The summed E-state index contributed by atoms with van der Waals surface area (Å²) >= 11 is 1.54. The van der Waals surface area contributed by atoms with Gasteiger partial charge in [-0.15, -0.1) is 0 Å². The van der Waals surface area contributed by atoms with Crippen LogP contribution in [0, 0.1) is 6.57 Å². The van der Waals surface area contributed by atoms with E-state index in [9.17, 15) is 4.79 Å². The second-order valence-corrected chi connectivity index (χ2v) is 11.1. The van der Waals surface area contributed by atoms with Crippen molar-refractivity contribution in [2.75, 3.05) is 48.8 Å². The molecule has 2 aliphatic rings. The van der Waals surface area contributed by atoms with Crippen molar-refractivity contribution < 1.29 is 9.53 Å². The highest BCUT2D eigenvalue weighted by atomic mass is 32.2. The van der Waals surface area contributed by atoms with Gasteiger partial charge in [0.2, 0.25) is 6.54 Å². The maximum absolute atomic E-state index is 13.0. The normalized spacial score (nSPS) is 16.8. The van der Waals surface area contributed by atoms with E-state index in [1.165, 1.54) is 33.8 Å². The molecule has 1 atom stereocenters. The molecule has 0 bridgehead atoms. The Morgan fingerprint density at radius 3 is 2.63 bits per heavy atom. The Hall–Kier alpha value is -4.29. The molecule has 0 spiro atoms. The number of piperazine rings is 1.